The van der Waals surface area contributed by atoms with E-state index >= 15 is 0 Å². The first-order valence-corrected chi connectivity index (χ1v) is 10.6. The van der Waals surface area contributed by atoms with Crippen LogP contribution in [0.3, 0.4) is 0 Å². The van der Waals surface area contributed by atoms with Crippen LogP contribution in [0.4, 0.5) is 0 Å². The summed E-state index contributed by atoms with van der Waals surface area (Å²) in [6, 6.07) is 26.2. The molecule has 0 aromatic heterocycles. The molecular weight excluding hydrogens is 428 g/mol. The summed E-state index contributed by atoms with van der Waals surface area (Å²) >= 11 is 3.52. The zero-order valence-corrected chi connectivity index (χ0v) is 17.9. The topological polar surface area (TPSA) is 54.9 Å². The van der Waals surface area contributed by atoms with Crippen LogP contribution in [0.5, 0.6) is 5.75 Å². The summed E-state index contributed by atoms with van der Waals surface area (Å²) in [6.07, 6.45) is 1.02. The van der Waals surface area contributed by atoms with Crippen molar-refractivity contribution in [3.63, 3.8) is 0 Å². The van der Waals surface area contributed by atoms with Crippen LogP contribution in [0.15, 0.2) is 83.3 Å². The number of rotatable bonds is 10. The highest BCUT2D eigenvalue weighted by molar-refractivity contribution is 9.10. The number of carbonyl (C=O) groups is 1. The van der Waals surface area contributed by atoms with Crippen molar-refractivity contribution in [2.45, 2.75) is 19.5 Å². The molecule has 0 aliphatic carbocycles. The Labute approximate surface area is 180 Å². The molecule has 150 valence electrons. The zero-order chi connectivity index (χ0) is 20.3. The van der Waals surface area contributed by atoms with Gasteiger partial charge in [-0.15, -0.1) is 0 Å². The molecule has 3 N–H and O–H groups in total. The Morgan fingerprint density at radius 1 is 0.931 bits per heavy atom. The van der Waals surface area contributed by atoms with Gasteiger partial charge in [-0.2, -0.15) is 0 Å². The number of carbonyl (C=O) groups excluding carboxylic acids is 1. The van der Waals surface area contributed by atoms with Crippen LogP contribution >= 0.6 is 15.9 Å². The highest BCUT2D eigenvalue weighted by atomic mass is 79.9. The standard InChI is InChI=1S/C24H25BrN2O2/c25-22-11-12-23(29-18-24(28)27-16-20-9-5-2-6-10-20)21(15-22)17-26-14-13-19-7-3-1-4-8-19/h1-12,15,26H,13-14,16-18H2,(H,27,28)/p+1. The third-order valence-corrected chi connectivity index (χ3v) is 5.05. The fourth-order valence-corrected chi connectivity index (χ4v) is 3.42. The van der Waals surface area contributed by atoms with Gasteiger partial charge in [-0.3, -0.25) is 4.79 Å². The highest BCUT2D eigenvalue weighted by Gasteiger charge is 2.09. The first-order valence-electron chi connectivity index (χ1n) is 9.78. The molecule has 0 heterocycles. The normalized spacial score (nSPS) is 10.5. The van der Waals surface area contributed by atoms with Crippen LogP contribution < -0.4 is 15.4 Å². The fraction of sp³-hybridized carbons (Fsp3) is 0.208. The molecule has 29 heavy (non-hydrogen) atoms. The van der Waals surface area contributed by atoms with Crippen LogP contribution in [0.25, 0.3) is 0 Å². The van der Waals surface area contributed by atoms with Crippen molar-refractivity contribution >= 4 is 21.8 Å². The summed E-state index contributed by atoms with van der Waals surface area (Å²) in [4.78, 5) is 12.1. The maximum absolute atomic E-state index is 12.1. The molecule has 3 aromatic carbocycles. The van der Waals surface area contributed by atoms with Crippen LogP contribution in [-0.4, -0.2) is 19.1 Å². The van der Waals surface area contributed by atoms with Crippen molar-refractivity contribution in [1.29, 1.82) is 0 Å². The molecule has 0 saturated heterocycles. The lowest BCUT2D eigenvalue weighted by atomic mass is 10.1. The molecule has 0 atom stereocenters. The van der Waals surface area contributed by atoms with Gasteiger partial charge in [0.15, 0.2) is 6.61 Å². The van der Waals surface area contributed by atoms with Gasteiger partial charge in [-0.25, -0.2) is 0 Å². The summed E-state index contributed by atoms with van der Waals surface area (Å²) in [5, 5.41) is 5.15. The Morgan fingerprint density at radius 2 is 1.62 bits per heavy atom. The highest BCUT2D eigenvalue weighted by Crippen LogP contribution is 2.22. The second-order valence-corrected chi connectivity index (χ2v) is 7.74. The van der Waals surface area contributed by atoms with Crippen molar-refractivity contribution in [3.8, 4) is 5.75 Å². The molecule has 0 radical (unpaired) electrons. The van der Waals surface area contributed by atoms with Crippen LogP contribution in [0, 0.1) is 0 Å². The third-order valence-electron chi connectivity index (χ3n) is 4.56. The van der Waals surface area contributed by atoms with Crippen LogP contribution in [0.1, 0.15) is 16.7 Å². The Hall–Kier alpha value is -2.63. The zero-order valence-electron chi connectivity index (χ0n) is 16.3. The maximum atomic E-state index is 12.1. The van der Waals surface area contributed by atoms with E-state index in [1.165, 1.54) is 5.56 Å². The minimum absolute atomic E-state index is 0.00544. The Kier molecular flexibility index (Phi) is 8.28. The summed E-state index contributed by atoms with van der Waals surface area (Å²) in [5.74, 6) is 0.620. The summed E-state index contributed by atoms with van der Waals surface area (Å²) in [6.45, 7) is 2.30. The van der Waals surface area contributed by atoms with Gasteiger partial charge in [-0.1, -0.05) is 76.6 Å². The Balaban J connectivity index is 1.46. The predicted octanol–water partition coefficient (Wildman–Crippen LogP) is 3.45. The van der Waals surface area contributed by atoms with Crippen molar-refractivity contribution in [1.82, 2.24) is 5.32 Å². The SMILES string of the molecule is O=C(COc1ccc(Br)cc1C[NH2+]CCc1ccccc1)NCc1ccccc1. The van der Waals surface area contributed by atoms with Gasteiger partial charge in [0, 0.05) is 23.0 Å². The van der Waals surface area contributed by atoms with E-state index in [2.05, 4.69) is 56.9 Å². The number of hydrogen-bond donors (Lipinski definition) is 2. The molecule has 5 heteroatoms. The molecule has 0 aliphatic heterocycles. The molecule has 3 rings (SSSR count). The number of benzene rings is 3. The molecule has 3 aromatic rings. The van der Waals surface area contributed by atoms with E-state index in [9.17, 15) is 4.79 Å². The van der Waals surface area contributed by atoms with Gasteiger partial charge in [-0.05, 0) is 29.3 Å². The van der Waals surface area contributed by atoms with Gasteiger partial charge in [0.25, 0.3) is 5.91 Å². The van der Waals surface area contributed by atoms with E-state index in [0.29, 0.717) is 6.54 Å². The number of nitrogens with two attached hydrogens (primary N) is 1. The number of halogens is 1. The van der Waals surface area contributed by atoms with Crippen molar-refractivity contribution < 1.29 is 14.8 Å². The third kappa shape index (κ3) is 7.37. The van der Waals surface area contributed by atoms with E-state index in [0.717, 1.165) is 40.9 Å². The van der Waals surface area contributed by atoms with Gasteiger partial charge < -0.3 is 15.4 Å². The molecule has 0 unspecified atom stereocenters. The molecule has 0 fully saturated rings. The number of amides is 1. The average molecular weight is 454 g/mol. The van der Waals surface area contributed by atoms with Crippen molar-refractivity contribution in [2.75, 3.05) is 13.2 Å². The summed E-state index contributed by atoms with van der Waals surface area (Å²) in [5.41, 5.74) is 3.48. The lowest BCUT2D eigenvalue weighted by Crippen LogP contribution is -2.83. The largest absolute Gasteiger partial charge is 0.483 e. The van der Waals surface area contributed by atoms with E-state index in [-0.39, 0.29) is 12.5 Å². The van der Waals surface area contributed by atoms with Crippen LogP contribution in [-0.2, 0) is 24.3 Å². The predicted molar refractivity (Wildman–Crippen MR) is 119 cm³/mol. The molecule has 0 saturated carbocycles. The van der Waals surface area contributed by atoms with Crippen molar-refractivity contribution in [2.24, 2.45) is 0 Å². The van der Waals surface area contributed by atoms with E-state index in [1.54, 1.807) is 0 Å². The van der Waals surface area contributed by atoms with Crippen molar-refractivity contribution in [3.05, 3.63) is 100 Å². The second kappa shape index (κ2) is 11.4. The lowest BCUT2D eigenvalue weighted by molar-refractivity contribution is -0.670. The number of ether oxygens (including phenoxy) is 1. The Bertz CT molecular complexity index is 901. The maximum Gasteiger partial charge on any atom is 0.258 e. The van der Waals surface area contributed by atoms with Gasteiger partial charge in [0.05, 0.1) is 6.54 Å². The van der Waals surface area contributed by atoms with Gasteiger partial charge in [0.1, 0.15) is 12.3 Å². The Morgan fingerprint density at radius 3 is 2.34 bits per heavy atom. The van der Waals surface area contributed by atoms with Crippen LogP contribution in [0.2, 0.25) is 0 Å². The second-order valence-electron chi connectivity index (χ2n) is 6.82. The first kappa shape index (κ1) is 21.1. The number of quaternary nitrogens is 1. The molecule has 0 bridgehead atoms. The number of hydrogen-bond acceptors (Lipinski definition) is 2. The van der Waals surface area contributed by atoms with Gasteiger partial charge in [0.2, 0.25) is 0 Å². The molecule has 0 spiro atoms. The minimum Gasteiger partial charge on any atom is -0.483 e. The van der Waals surface area contributed by atoms with E-state index in [1.807, 2.05) is 48.5 Å². The smallest absolute Gasteiger partial charge is 0.258 e. The summed E-state index contributed by atoms with van der Waals surface area (Å²) < 4.78 is 6.81. The monoisotopic (exact) mass is 453 g/mol. The van der Waals surface area contributed by atoms with Gasteiger partial charge >= 0.3 is 0 Å². The van der Waals surface area contributed by atoms with E-state index < -0.39 is 0 Å². The molecule has 0 aliphatic rings. The molecular formula is C24H26BrN2O2+. The lowest BCUT2D eigenvalue weighted by Gasteiger charge is -2.12. The number of nitrogens with one attached hydrogen (secondary N) is 1. The fourth-order valence-electron chi connectivity index (χ4n) is 3.01. The molecule has 4 nitrogen and oxygen atoms in total. The molecule has 1 amide bonds. The van der Waals surface area contributed by atoms with E-state index in [4.69, 9.17) is 4.74 Å². The first-order chi connectivity index (χ1) is 14.2. The minimum atomic E-state index is -0.129. The summed E-state index contributed by atoms with van der Waals surface area (Å²) in [7, 11) is 0. The quantitative estimate of drug-likeness (QED) is 0.461. The average Bonchev–Trinajstić information content (AvgIpc) is 2.76.